The maximum absolute atomic E-state index is 13.4. The van der Waals surface area contributed by atoms with E-state index >= 15 is 0 Å². The van der Waals surface area contributed by atoms with Gasteiger partial charge in [0.1, 0.15) is 11.6 Å². The summed E-state index contributed by atoms with van der Waals surface area (Å²) in [6.45, 7) is 6.08. The predicted molar refractivity (Wildman–Crippen MR) is 118 cm³/mol. The molecule has 3 aromatic rings. The summed E-state index contributed by atoms with van der Waals surface area (Å²) in [5, 5.41) is 20.6. The highest BCUT2D eigenvalue weighted by Crippen LogP contribution is 2.24. The Labute approximate surface area is 186 Å². The first-order valence-corrected chi connectivity index (χ1v) is 10.1. The lowest BCUT2D eigenvalue weighted by atomic mass is 9.87. The van der Waals surface area contributed by atoms with E-state index in [9.17, 15) is 9.18 Å². The summed E-state index contributed by atoms with van der Waals surface area (Å²) >= 11 is 3.08. The van der Waals surface area contributed by atoms with Crippen LogP contribution in [0.5, 0.6) is 5.75 Å². The number of nitrogens with one attached hydrogen (secondary N) is 3. The molecule has 10 heteroatoms. The van der Waals surface area contributed by atoms with Crippen LogP contribution in [-0.4, -0.2) is 28.7 Å². The monoisotopic (exact) mass is 489 g/mol. The van der Waals surface area contributed by atoms with Crippen LogP contribution in [0.4, 0.5) is 15.9 Å². The minimum atomic E-state index is -0.492. The first-order chi connectivity index (χ1) is 14.6. The lowest BCUT2D eigenvalue weighted by Crippen LogP contribution is -2.23. The van der Waals surface area contributed by atoms with Crippen molar-refractivity contribution in [2.24, 2.45) is 0 Å². The van der Waals surface area contributed by atoms with Crippen LogP contribution in [0.1, 0.15) is 32.0 Å². The van der Waals surface area contributed by atoms with E-state index in [1.807, 2.05) is 12.1 Å². The summed E-state index contributed by atoms with van der Waals surface area (Å²) in [7, 11) is 0. The van der Waals surface area contributed by atoms with E-state index < -0.39 is 11.7 Å². The Kier molecular flexibility index (Phi) is 6.69. The number of amidine groups is 1. The van der Waals surface area contributed by atoms with Gasteiger partial charge in [-0.2, -0.15) is 0 Å². The van der Waals surface area contributed by atoms with E-state index in [2.05, 4.69) is 62.3 Å². The van der Waals surface area contributed by atoms with E-state index in [1.54, 1.807) is 12.1 Å². The number of hydrogen-bond donors (Lipinski definition) is 3. The lowest BCUT2D eigenvalue weighted by molar-refractivity contribution is -0.118. The fourth-order valence-corrected chi connectivity index (χ4v) is 2.96. The van der Waals surface area contributed by atoms with Gasteiger partial charge in [0.15, 0.2) is 18.1 Å². The van der Waals surface area contributed by atoms with Crippen LogP contribution in [0.15, 0.2) is 51.6 Å². The summed E-state index contributed by atoms with van der Waals surface area (Å²) in [4.78, 5) is 12.2. The standard InChI is InChI=1S/C21H21BrFN5O3/c1-21(2,3)12-4-7-14(8-5-12)30-11-17(29)26-20-18(27-31-28-20)19(24)25-13-6-9-16(23)15(22)10-13/h4-10H,11H2,1-3H3,(H2,24,25)(H,26,28,29). The van der Waals surface area contributed by atoms with Crippen molar-refractivity contribution in [2.45, 2.75) is 26.2 Å². The quantitative estimate of drug-likeness (QED) is 0.340. The highest BCUT2D eigenvalue weighted by atomic mass is 79.9. The molecule has 2 aromatic carbocycles. The molecule has 8 nitrogen and oxygen atoms in total. The first-order valence-electron chi connectivity index (χ1n) is 9.30. The Bertz CT molecular complexity index is 1090. The van der Waals surface area contributed by atoms with Crippen molar-refractivity contribution in [1.29, 1.82) is 5.41 Å². The van der Waals surface area contributed by atoms with Gasteiger partial charge in [-0.15, -0.1) is 0 Å². The van der Waals surface area contributed by atoms with Gasteiger partial charge in [-0.05, 0) is 67.6 Å². The van der Waals surface area contributed by atoms with Gasteiger partial charge in [0.2, 0.25) is 5.82 Å². The molecule has 0 aliphatic carbocycles. The van der Waals surface area contributed by atoms with E-state index in [1.165, 1.54) is 18.2 Å². The Morgan fingerprint density at radius 1 is 1.16 bits per heavy atom. The number of rotatable bonds is 6. The summed E-state index contributed by atoms with van der Waals surface area (Å²) in [6, 6.07) is 11.7. The third kappa shape index (κ3) is 5.88. The second-order valence-corrected chi connectivity index (χ2v) is 8.56. The van der Waals surface area contributed by atoms with Gasteiger partial charge in [0.05, 0.1) is 4.47 Å². The first kappa shape index (κ1) is 22.4. The summed E-state index contributed by atoms with van der Waals surface area (Å²) < 4.78 is 23.8. The number of amides is 1. The molecule has 1 aromatic heterocycles. The van der Waals surface area contributed by atoms with E-state index in [4.69, 9.17) is 10.1 Å². The van der Waals surface area contributed by atoms with Crippen LogP contribution in [0.3, 0.4) is 0 Å². The number of halogens is 2. The number of ether oxygens (including phenoxy) is 1. The average Bonchev–Trinajstić information content (AvgIpc) is 3.17. The van der Waals surface area contributed by atoms with Gasteiger partial charge in [-0.25, -0.2) is 9.02 Å². The number of aromatic nitrogens is 2. The van der Waals surface area contributed by atoms with Crippen molar-refractivity contribution in [2.75, 3.05) is 17.2 Å². The van der Waals surface area contributed by atoms with Crippen LogP contribution in [0.25, 0.3) is 0 Å². The summed E-state index contributed by atoms with van der Waals surface area (Å²) in [5.41, 5.74) is 1.61. The number of carbonyl (C=O) groups excluding carboxylic acids is 1. The third-order valence-electron chi connectivity index (χ3n) is 4.26. The van der Waals surface area contributed by atoms with Crippen molar-refractivity contribution < 1.29 is 18.6 Å². The third-order valence-corrected chi connectivity index (χ3v) is 4.87. The lowest BCUT2D eigenvalue weighted by Gasteiger charge is -2.19. The number of carbonyl (C=O) groups is 1. The topological polar surface area (TPSA) is 113 Å². The zero-order valence-electron chi connectivity index (χ0n) is 17.1. The molecule has 0 fully saturated rings. The number of anilines is 2. The smallest absolute Gasteiger partial charge is 0.263 e. The largest absolute Gasteiger partial charge is 0.484 e. The molecule has 0 aliphatic heterocycles. The fraction of sp³-hybridized carbons (Fsp3) is 0.238. The highest BCUT2D eigenvalue weighted by Gasteiger charge is 2.19. The molecule has 1 heterocycles. The molecular weight excluding hydrogens is 469 g/mol. The van der Waals surface area contributed by atoms with Crippen LogP contribution in [0, 0.1) is 11.2 Å². The molecule has 31 heavy (non-hydrogen) atoms. The molecule has 0 saturated heterocycles. The Morgan fingerprint density at radius 2 is 1.87 bits per heavy atom. The maximum atomic E-state index is 13.4. The molecule has 0 saturated carbocycles. The summed E-state index contributed by atoms with van der Waals surface area (Å²) in [5.74, 6) is -0.586. The van der Waals surface area contributed by atoms with Crippen molar-refractivity contribution in [3.8, 4) is 5.75 Å². The molecule has 0 radical (unpaired) electrons. The number of benzene rings is 2. The van der Waals surface area contributed by atoms with Crippen LogP contribution < -0.4 is 15.4 Å². The molecule has 3 rings (SSSR count). The molecule has 0 unspecified atom stereocenters. The predicted octanol–water partition coefficient (Wildman–Crippen LogP) is 4.72. The fourth-order valence-electron chi connectivity index (χ4n) is 2.58. The van der Waals surface area contributed by atoms with Crippen molar-refractivity contribution in [3.05, 3.63) is 64.0 Å². The Hall–Kier alpha value is -3.27. The van der Waals surface area contributed by atoms with Crippen molar-refractivity contribution in [1.82, 2.24) is 10.3 Å². The van der Waals surface area contributed by atoms with E-state index in [0.29, 0.717) is 11.4 Å². The van der Waals surface area contributed by atoms with Gasteiger partial charge in [-0.1, -0.05) is 32.9 Å². The normalized spacial score (nSPS) is 11.1. The number of nitrogens with zero attached hydrogens (tertiary/aromatic N) is 2. The van der Waals surface area contributed by atoms with E-state index in [0.717, 1.165) is 5.56 Å². The van der Waals surface area contributed by atoms with Gasteiger partial charge in [0.25, 0.3) is 5.91 Å². The molecule has 162 valence electrons. The molecule has 0 atom stereocenters. The van der Waals surface area contributed by atoms with Gasteiger partial charge >= 0.3 is 0 Å². The van der Waals surface area contributed by atoms with Gasteiger partial charge < -0.3 is 15.4 Å². The SMILES string of the molecule is CC(C)(C)c1ccc(OCC(=O)Nc2nonc2C(=N)Nc2ccc(F)c(Br)c2)cc1. The average molecular weight is 490 g/mol. The second kappa shape index (κ2) is 9.25. The molecule has 0 spiro atoms. The molecule has 3 N–H and O–H groups in total. The summed E-state index contributed by atoms with van der Waals surface area (Å²) in [6.07, 6.45) is 0. The van der Waals surface area contributed by atoms with Crippen molar-refractivity contribution in [3.63, 3.8) is 0 Å². The van der Waals surface area contributed by atoms with E-state index in [-0.39, 0.29) is 33.8 Å². The highest BCUT2D eigenvalue weighted by molar-refractivity contribution is 9.10. The van der Waals surface area contributed by atoms with Crippen LogP contribution in [0.2, 0.25) is 0 Å². The van der Waals surface area contributed by atoms with Gasteiger partial charge in [-0.3, -0.25) is 10.2 Å². The second-order valence-electron chi connectivity index (χ2n) is 7.70. The molecule has 1 amide bonds. The minimum absolute atomic E-state index is 0.0108. The van der Waals surface area contributed by atoms with Crippen LogP contribution in [-0.2, 0) is 10.2 Å². The molecular formula is C21H21BrFN5O3. The van der Waals surface area contributed by atoms with Gasteiger partial charge in [0, 0.05) is 5.69 Å². The number of hydrogen-bond acceptors (Lipinski definition) is 6. The van der Waals surface area contributed by atoms with Crippen molar-refractivity contribution >= 4 is 39.2 Å². The molecule has 0 bridgehead atoms. The molecule has 0 aliphatic rings. The zero-order chi connectivity index (χ0) is 22.6. The minimum Gasteiger partial charge on any atom is -0.484 e. The Morgan fingerprint density at radius 3 is 2.52 bits per heavy atom. The maximum Gasteiger partial charge on any atom is 0.263 e. The Balaban J connectivity index is 1.58. The zero-order valence-corrected chi connectivity index (χ0v) is 18.7. The van der Waals surface area contributed by atoms with Crippen LogP contribution >= 0.6 is 15.9 Å².